The molecule has 0 saturated carbocycles. The molecule has 0 atom stereocenters. The molecule has 6 nitrogen and oxygen atoms in total. The minimum atomic E-state index is -4.41. The number of ether oxygens (including phenoxy) is 1. The number of nitrogens with one attached hydrogen (secondary N) is 3. The Labute approximate surface area is 163 Å². The summed E-state index contributed by atoms with van der Waals surface area (Å²) in [6.45, 7) is 7.23. The zero-order valence-electron chi connectivity index (χ0n) is 16.7. The van der Waals surface area contributed by atoms with Gasteiger partial charge >= 0.3 is 6.18 Å². The first kappa shape index (κ1) is 23.6. The third-order valence-electron chi connectivity index (χ3n) is 3.46. The van der Waals surface area contributed by atoms with Crippen LogP contribution in [0.4, 0.5) is 13.2 Å². The van der Waals surface area contributed by atoms with E-state index in [0.29, 0.717) is 24.6 Å². The van der Waals surface area contributed by atoms with Gasteiger partial charge in [0.2, 0.25) is 5.91 Å². The summed E-state index contributed by atoms with van der Waals surface area (Å²) in [6.07, 6.45) is -4.12. The number of nitrogens with zero attached hydrogens (tertiary/aromatic N) is 1. The maximum atomic E-state index is 12.5. The van der Waals surface area contributed by atoms with Crippen molar-refractivity contribution in [2.24, 2.45) is 4.99 Å². The molecule has 0 aliphatic heterocycles. The molecule has 1 aromatic carbocycles. The number of hydrogen-bond donors (Lipinski definition) is 3. The number of rotatable bonds is 9. The Hall–Kier alpha value is -2.45. The predicted octanol–water partition coefficient (Wildman–Crippen LogP) is 2.91. The third kappa shape index (κ3) is 10.0. The normalized spacial score (nSPS) is 12.1. The molecule has 158 valence electrons. The number of amides is 1. The van der Waals surface area contributed by atoms with Crippen molar-refractivity contribution >= 4 is 11.9 Å². The highest BCUT2D eigenvalue weighted by atomic mass is 19.4. The first-order valence-electron chi connectivity index (χ1n) is 9.21. The van der Waals surface area contributed by atoms with Crippen molar-refractivity contribution < 1.29 is 22.7 Å². The lowest BCUT2D eigenvalue weighted by Gasteiger charge is -2.15. The molecule has 0 aromatic heterocycles. The Morgan fingerprint density at radius 1 is 1.25 bits per heavy atom. The summed E-state index contributed by atoms with van der Waals surface area (Å²) in [5.41, 5.74) is 1.34. The summed E-state index contributed by atoms with van der Waals surface area (Å²) in [5, 5.41) is 8.88. The maximum absolute atomic E-state index is 12.5. The Kier molecular flexibility index (Phi) is 9.61. The summed E-state index contributed by atoms with van der Waals surface area (Å²) in [6, 6.07) is 5.13. The van der Waals surface area contributed by atoms with Crippen LogP contribution in [0, 0.1) is 6.92 Å². The van der Waals surface area contributed by atoms with Gasteiger partial charge in [0.25, 0.3) is 0 Å². The smallest absolute Gasteiger partial charge is 0.422 e. The molecule has 0 heterocycles. The van der Waals surface area contributed by atoms with Gasteiger partial charge in [0, 0.05) is 31.1 Å². The van der Waals surface area contributed by atoms with Crippen LogP contribution in [-0.2, 0) is 11.3 Å². The number of aryl methyl sites for hydroxylation is 1. The Bertz CT molecular complexity index is 661. The summed E-state index contributed by atoms with van der Waals surface area (Å²) in [4.78, 5) is 16.1. The van der Waals surface area contributed by atoms with Gasteiger partial charge in [-0.15, -0.1) is 0 Å². The molecule has 0 aliphatic rings. The summed E-state index contributed by atoms with van der Waals surface area (Å²) < 4.78 is 42.3. The highest BCUT2D eigenvalue weighted by Gasteiger charge is 2.28. The molecule has 0 aliphatic carbocycles. The van der Waals surface area contributed by atoms with Crippen molar-refractivity contribution in [1.29, 1.82) is 0 Å². The minimum absolute atomic E-state index is 0.0697. The Morgan fingerprint density at radius 3 is 2.57 bits per heavy atom. The fourth-order valence-electron chi connectivity index (χ4n) is 2.28. The van der Waals surface area contributed by atoms with E-state index in [1.807, 2.05) is 20.8 Å². The zero-order valence-corrected chi connectivity index (χ0v) is 16.7. The number of aliphatic imine (C=N–C) groups is 1. The molecule has 3 N–H and O–H groups in total. The largest absolute Gasteiger partial charge is 0.484 e. The minimum Gasteiger partial charge on any atom is -0.484 e. The summed E-state index contributed by atoms with van der Waals surface area (Å²) >= 11 is 0. The maximum Gasteiger partial charge on any atom is 0.422 e. The first-order valence-corrected chi connectivity index (χ1v) is 9.21. The van der Waals surface area contributed by atoms with Gasteiger partial charge in [0.15, 0.2) is 12.6 Å². The van der Waals surface area contributed by atoms with Gasteiger partial charge in [-0.05, 0) is 39.3 Å². The average Bonchev–Trinajstić information content (AvgIpc) is 2.57. The van der Waals surface area contributed by atoms with Crippen molar-refractivity contribution in [3.05, 3.63) is 29.3 Å². The number of guanidine groups is 1. The molecule has 9 heteroatoms. The first-order chi connectivity index (χ1) is 13.1. The van der Waals surface area contributed by atoms with Crippen molar-refractivity contribution in [2.75, 3.05) is 19.7 Å². The van der Waals surface area contributed by atoms with E-state index in [-0.39, 0.29) is 30.7 Å². The average molecular weight is 402 g/mol. The van der Waals surface area contributed by atoms with E-state index >= 15 is 0 Å². The molecule has 0 saturated heterocycles. The lowest BCUT2D eigenvalue weighted by atomic mass is 10.1. The van der Waals surface area contributed by atoms with Gasteiger partial charge in [-0.1, -0.05) is 12.1 Å². The Balaban J connectivity index is 2.74. The number of alkyl halides is 3. The molecule has 1 amide bonds. The third-order valence-corrected chi connectivity index (χ3v) is 3.46. The molecule has 0 fully saturated rings. The molecular weight excluding hydrogens is 373 g/mol. The van der Waals surface area contributed by atoms with E-state index in [1.165, 1.54) is 0 Å². The van der Waals surface area contributed by atoms with Gasteiger partial charge in [0.05, 0.1) is 6.54 Å². The number of carbonyl (C=O) groups excluding carboxylic acids is 1. The summed E-state index contributed by atoms with van der Waals surface area (Å²) in [5.74, 6) is 0.565. The van der Waals surface area contributed by atoms with Crippen LogP contribution in [0.25, 0.3) is 0 Å². The van der Waals surface area contributed by atoms with Crippen molar-refractivity contribution in [1.82, 2.24) is 16.0 Å². The highest BCUT2D eigenvalue weighted by Crippen LogP contribution is 2.24. The fourth-order valence-corrected chi connectivity index (χ4v) is 2.28. The summed E-state index contributed by atoms with van der Waals surface area (Å²) in [7, 11) is 0. The second kappa shape index (κ2) is 11.4. The molecule has 0 spiro atoms. The van der Waals surface area contributed by atoms with Gasteiger partial charge in [0.1, 0.15) is 5.75 Å². The van der Waals surface area contributed by atoms with Gasteiger partial charge in [-0.25, -0.2) is 4.99 Å². The van der Waals surface area contributed by atoms with Crippen LogP contribution < -0.4 is 20.7 Å². The molecule has 0 bridgehead atoms. The van der Waals surface area contributed by atoms with Crippen LogP contribution in [0.15, 0.2) is 23.2 Å². The molecule has 1 aromatic rings. The number of halogens is 3. The van der Waals surface area contributed by atoms with Crippen LogP contribution in [0.1, 0.15) is 38.3 Å². The van der Waals surface area contributed by atoms with E-state index in [9.17, 15) is 18.0 Å². The number of carbonyl (C=O) groups is 1. The Morgan fingerprint density at radius 2 is 1.96 bits per heavy atom. The van der Waals surface area contributed by atoms with E-state index in [2.05, 4.69) is 20.9 Å². The molecule has 1 rings (SSSR count). The van der Waals surface area contributed by atoms with Crippen molar-refractivity contribution in [3.63, 3.8) is 0 Å². The topological polar surface area (TPSA) is 74.8 Å². The highest BCUT2D eigenvalue weighted by molar-refractivity contribution is 5.81. The lowest BCUT2D eigenvalue weighted by Crippen LogP contribution is -2.40. The van der Waals surface area contributed by atoms with Crippen molar-refractivity contribution in [3.8, 4) is 5.75 Å². The van der Waals surface area contributed by atoms with Crippen LogP contribution in [0.3, 0.4) is 0 Å². The van der Waals surface area contributed by atoms with Crippen LogP contribution in [-0.4, -0.2) is 43.8 Å². The molecule has 0 radical (unpaired) electrons. The van der Waals surface area contributed by atoms with E-state index in [1.54, 1.807) is 25.1 Å². The van der Waals surface area contributed by atoms with Gasteiger partial charge in [-0.2, -0.15) is 13.2 Å². The second-order valence-corrected chi connectivity index (χ2v) is 6.61. The molecule has 28 heavy (non-hydrogen) atoms. The second-order valence-electron chi connectivity index (χ2n) is 6.61. The number of hydrogen-bond acceptors (Lipinski definition) is 3. The van der Waals surface area contributed by atoms with E-state index in [4.69, 9.17) is 4.74 Å². The molecular formula is C19H29F3N4O2. The fraction of sp³-hybridized carbons (Fsp3) is 0.579. The predicted molar refractivity (Wildman–Crippen MR) is 103 cm³/mol. The van der Waals surface area contributed by atoms with Crippen LogP contribution in [0.5, 0.6) is 5.75 Å². The standard InChI is InChI=1S/C19H29F3N4O2/c1-5-23-18(24-9-8-17(27)26-13(2)3)25-11-15-7-6-14(4)10-16(15)28-12-19(20,21)22/h6-7,10,13H,5,8-9,11-12H2,1-4H3,(H,26,27)(H2,23,24,25). The number of benzene rings is 1. The zero-order chi connectivity index (χ0) is 21.2. The van der Waals surface area contributed by atoms with Gasteiger partial charge in [-0.3, -0.25) is 4.79 Å². The van der Waals surface area contributed by atoms with E-state index in [0.717, 1.165) is 5.56 Å². The van der Waals surface area contributed by atoms with Crippen LogP contribution >= 0.6 is 0 Å². The van der Waals surface area contributed by atoms with E-state index < -0.39 is 12.8 Å². The van der Waals surface area contributed by atoms with Crippen LogP contribution in [0.2, 0.25) is 0 Å². The quantitative estimate of drug-likeness (QED) is 0.439. The SMILES string of the molecule is CCNC(=NCc1ccc(C)cc1OCC(F)(F)F)NCCC(=O)NC(C)C. The molecule has 0 unspecified atom stereocenters. The van der Waals surface area contributed by atoms with Crippen molar-refractivity contribution in [2.45, 2.75) is 52.9 Å². The lowest BCUT2D eigenvalue weighted by molar-refractivity contribution is -0.153. The monoisotopic (exact) mass is 402 g/mol. The van der Waals surface area contributed by atoms with Gasteiger partial charge < -0.3 is 20.7 Å².